The molecule has 2 nitrogen and oxygen atoms in total. The van der Waals surface area contributed by atoms with Gasteiger partial charge in [0.2, 0.25) is 0 Å². The summed E-state index contributed by atoms with van der Waals surface area (Å²) < 4.78 is 5.84. The number of fused-ring (bicyclic) bond motifs is 3. The van der Waals surface area contributed by atoms with Crippen LogP contribution in [0, 0.1) is 0 Å². The van der Waals surface area contributed by atoms with E-state index in [1.807, 2.05) is 31.2 Å². The van der Waals surface area contributed by atoms with E-state index in [4.69, 9.17) is 4.74 Å². The first-order valence-electron chi connectivity index (χ1n) is 9.06. The molecule has 0 heterocycles. The van der Waals surface area contributed by atoms with Gasteiger partial charge in [-0.1, -0.05) is 68.3 Å². The molecule has 2 aromatic rings. The van der Waals surface area contributed by atoms with Crippen molar-refractivity contribution < 1.29 is 9.53 Å². The fourth-order valence-electron chi connectivity index (χ4n) is 3.87. The molecule has 2 heteroatoms. The van der Waals surface area contributed by atoms with Crippen LogP contribution in [0.15, 0.2) is 48.5 Å². The summed E-state index contributed by atoms with van der Waals surface area (Å²) in [4.78, 5) is 13.4. The monoisotopic (exact) mass is 322 g/mol. The summed E-state index contributed by atoms with van der Waals surface area (Å²) >= 11 is 0. The van der Waals surface area contributed by atoms with Crippen LogP contribution < -0.4 is 0 Å². The van der Waals surface area contributed by atoms with E-state index >= 15 is 0 Å². The highest BCUT2D eigenvalue weighted by Crippen LogP contribution is 2.50. The number of carbonyl (C=O) groups is 1. The Hall–Kier alpha value is -1.93. The number of ether oxygens (including phenoxy) is 1. The highest BCUT2D eigenvalue weighted by molar-refractivity contribution is 6.01. The maximum absolute atomic E-state index is 13.4. The number of ketones is 1. The quantitative estimate of drug-likeness (QED) is 0.629. The van der Waals surface area contributed by atoms with Crippen molar-refractivity contribution in [2.24, 2.45) is 0 Å². The Balaban J connectivity index is 2.11. The summed E-state index contributed by atoms with van der Waals surface area (Å²) in [6.07, 6.45) is 3.79. The van der Waals surface area contributed by atoms with Crippen LogP contribution in [0.4, 0.5) is 0 Å². The van der Waals surface area contributed by atoms with Crippen LogP contribution in [-0.4, -0.2) is 19.0 Å². The minimum absolute atomic E-state index is 0.293. The predicted molar refractivity (Wildman–Crippen MR) is 98.3 cm³/mol. The van der Waals surface area contributed by atoms with Crippen LogP contribution in [0.5, 0.6) is 0 Å². The van der Waals surface area contributed by atoms with Gasteiger partial charge >= 0.3 is 0 Å². The Morgan fingerprint density at radius 1 is 0.917 bits per heavy atom. The van der Waals surface area contributed by atoms with Gasteiger partial charge in [-0.3, -0.25) is 4.79 Å². The average molecular weight is 322 g/mol. The third kappa shape index (κ3) is 2.69. The zero-order valence-electron chi connectivity index (χ0n) is 14.7. The zero-order chi connectivity index (χ0) is 17.0. The zero-order valence-corrected chi connectivity index (χ0v) is 14.7. The molecular formula is C22H26O2. The molecule has 0 aliphatic heterocycles. The second-order valence-electron chi connectivity index (χ2n) is 6.51. The lowest BCUT2D eigenvalue weighted by Gasteiger charge is -2.30. The van der Waals surface area contributed by atoms with E-state index < -0.39 is 5.41 Å². The van der Waals surface area contributed by atoms with Crippen molar-refractivity contribution in [3.8, 4) is 11.1 Å². The number of unbranched alkanes of at least 4 members (excludes halogenated alkanes) is 2. The summed E-state index contributed by atoms with van der Waals surface area (Å²) in [6, 6.07) is 16.6. The molecule has 0 bridgehead atoms. The normalized spacial score (nSPS) is 14.2. The Kier molecular flexibility index (Phi) is 5.15. The Labute approximate surface area is 144 Å². The molecule has 0 atom stereocenters. The molecular weight excluding hydrogens is 296 g/mol. The molecule has 0 amide bonds. The molecule has 24 heavy (non-hydrogen) atoms. The number of benzene rings is 2. The van der Waals surface area contributed by atoms with E-state index in [0.717, 1.165) is 30.4 Å². The van der Waals surface area contributed by atoms with Crippen molar-refractivity contribution in [1.82, 2.24) is 0 Å². The van der Waals surface area contributed by atoms with Gasteiger partial charge in [0.1, 0.15) is 11.2 Å². The summed E-state index contributed by atoms with van der Waals surface area (Å²) in [5.41, 5.74) is 3.94. The third-order valence-electron chi connectivity index (χ3n) is 5.07. The van der Waals surface area contributed by atoms with Gasteiger partial charge in [-0.2, -0.15) is 0 Å². The molecule has 1 aliphatic rings. The van der Waals surface area contributed by atoms with Gasteiger partial charge in [-0.25, -0.2) is 0 Å². The molecule has 0 spiro atoms. The number of hydrogen-bond acceptors (Lipinski definition) is 2. The number of Topliss-reactive ketones (excluding diaryl/α,β-unsaturated/α-hetero) is 1. The standard InChI is InChI=1S/C22H26O2/c1-3-5-6-15-21(23)22(16-24-4-2)19-13-9-7-11-17(19)18-12-8-10-14-20(18)22/h7-14H,3-6,15-16H2,1-2H3. The fraction of sp³-hybridized carbons (Fsp3) is 0.409. The van der Waals surface area contributed by atoms with Gasteiger partial charge in [0.05, 0.1) is 6.61 Å². The minimum atomic E-state index is -0.642. The molecule has 0 unspecified atom stereocenters. The molecule has 0 radical (unpaired) electrons. The van der Waals surface area contributed by atoms with Crippen LogP contribution in [0.2, 0.25) is 0 Å². The van der Waals surface area contributed by atoms with E-state index in [0.29, 0.717) is 25.4 Å². The van der Waals surface area contributed by atoms with Crippen LogP contribution in [0.1, 0.15) is 50.7 Å². The van der Waals surface area contributed by atoms with Crippen molar-refractivity contribution >= 4 is 5.78 Å². The van der Waals surface area contributed by atoms with Crippen molar-refractivity contribution in [2.45, 2.75) is 44.9 Å². The lowest BCUT2D eigenvalue weighted by molar-refractivity contribution is -0.125. The molecule has 0 N–H and O–H groups in total. The van der Waals surface area contributed by atoms with Gasteiger partial charge in [-0.15, -0.1) is 0 Å². The smallest absolute Gasteiger partial charge is 0.150 e. The topological polar surface area (TPSA) is 26.3 Å². The van der Waals surface area contributed by atoms with Crippen LogP contribution in [-0.2, 0) is 14.9 Å². The second kappa shape index (κ2) is 7.31. The largest absolute Gasteiger partial charge is 0.380 e. The summed E-state index contributed by atoms with van der Waals surface area (Å²) in [5.74, 6) is 0.293. The molecule has 0 fully saturated rings. The predicted octanol–water partition coefficient (Wildman–Crippen LogP) is 5.14. The van der Waals surface area contributed by atoms with Crippen molar-refractivity contribution in [3.63, 3.8) is 0 Å². The Morgan fingerprint density at radius 3 is 2.04 bits per heavy atom. The first-order valence-corrected chi connectivity index (χ1v) is 9.06. The molecule has 3 rings (SSSR count). The van der Waals surface area contributed by atoms with E-state index in [2.05, 4.69) is 31.2 Å². The van der Waals surface area contributed by atoms with E-state index in [9.17, 15) is 4.79 Å². The molecule has 0 saturated heterocycles. The number of rotatable bonds is 8. The minimum Gasteiger partial charge on any atom is -0.380 e. The van der Waals surface area contributed by atoms with Gasteiger partial charge < -0.3 is 4.74 Å². The molecule has 0 aromatic heterocycles. The van der Waals surface area contributed by atoms with Gasteiger partial charge in [0, 0.05) is 13.0 Å². The Bertz CT molecular complexity index is 672. The summed E-state index contributed by atoms with van der Waals surface area (Å²) in [6.45, 7) is 5.21. The molecule has 1 aliphatic carbocycles. The fourth-order valence-corrected chi connectivity index (χ4v) is 3.87. The van der Waals surface area contributed by atoms with E-state index in [1.54, 1.807) is 0 Å². The lowest BCUT2D eigenvalue weighted by atomic mass is 9.73. The highest BCUT2D eigenvalue weighted by atomic mass is 16.5. The van der Waals surface area contributed by atoms with Crippen molar-refractivity contribution in [2.75, 3.05) is 13.2 Å². The van der Waals surface area contributed by atoms with E-state index in [-0.39, 0.29) is 0 Å². The second-order valence-corrected chi connectivity index (χ2v) is 6.51. The van der Waals surface area contributed by atoms with Crippen LogP contribution in [0.25, 0.3) is 11.1 Å². The molecule has 126 valence electrons. The van der Waals surface area contributed by atoms with Gasteiger partial charge in [0.25, 0.3) is 0 Å². The maximum Gasteiger partial charge on any atom is 0.150 e. The SMILES string of the molecule is CCCCCC(=O)C1(COCC)c2ccccc2-c2ccccc21. The highest BCUT2D eigenvalue weighted by Gasteiger charge is 2.48. The first-order chi connectivity index (χ1) is 11.8. The van der Waals surface area contributed by atoms with Crippen LogP contribution >= 0.6 is 0 Å². The van der Waals surface area contributed by atoms with Crippen LogP contribution in [0.3, 0.4) is 0 Å². The third-order valence-corrected chi connectivity index (χ3v) is 5.07. The lowest BCUT2D eigenvalue weighted by Crippen LogP contribution is -2.40. The molecule has 0 saturated carbocycles. The average Bonchev–Trinajstić information content (AvgIpc) is 2.91. The van der Waals surface area contributed by atoms with Crippen molar-refractivity contribution in [3.05, 3.63) is 59.7 Å². The van der Waals surface area contributed by atoms with E-state index in [1.165, 1.54) is 11.1 Å². The summed E-state index contributed by atoms with van der Waals surface area (Å²) in [5, 5.41) is 0. The van der Waals surface area contributed by atoms with Gasteiger partial charge in [-0.05, 0) is 35.6 Å². The number of carbonyl (C=O) groups excluding carboxylic acids is 1. The Morgan fingerprint density at radius 2 is 1.50 bits per heavy atom. The maximum atomic E-state index is 13.4. The molecule has 2 aromatic carbocycles. The summed E-state index contributed by atoms with van der Waals surface area (Å²) in [7, 11) is 0. The van der Waals surface area contributed by atoms with Gasteiger partial charge in [0.15, 0.2) is 0 Å². The van der Waals surface area contributed by atoms with Crippen molar-refractivity contribution in [1.29, 1.82) is 0 Å². The first kappa shape index (κ1) is 16.9. The number of hydrogen-bond donors (Lipinski definition) is 0.